The van der Waals surface area contributed by atoms with Gasteiger partial charge in [-0.25, -0.2) is 9.38 Å². The van der Waals surface area contributed by atoms with Crippen molar-refractivity contribution in [2.24, 2.45) is 16.8 Å². The minimum atomic E-state index is -4.86. The number of nitrogens with one attached hydrogen (secondary N) is 2. The highest BCUT2D eigenvalue weighted by Crippen LogP contribution is 2.33. The molecule has 2 amide bonds. The quantitative estimate of drug-likeness (QED) is 0.302. The Morgan fingerprint density at radius 2 is 1.59 bits per heavy atom. The van der Waals surface area contributed by atoms with E-state index in [4.69, 9.17) is 0 Å². The molecule has 0 aliphatic carbocycles. The Morgan fingerprint density at radius 1 is 0.976 bits per heavy atom. The van der Waals surface area contributed by atoms with Crippen molar-refractivity contribution in [3.8, 4) is 0 Å². The molecule has 2 aromatic carbocycles. The maximum atomic E-state index is 14.1. The molecule has 0 saturated carbocycles. The van der Waals surface area contributed by atoms with Gasteiger partial charge in [-0.2, -0.15) is 26.3 Å². The number of rotatable bonds is 10. The molecule has 222 valence electrons. The average molecular weight is 591 g/mol. The summed E-state index contributed by atoms with van der Waals surface area (Å²) in [5.74, 6) is -9.40. The van der Waals surface area contributed by atoms with E-state index in [1.807, 2.05) is 0 Å². The number of benzene rings is 2. The number of hydrogen-bond donors (Lipinski definition) is 4. The number of aliphatic hydroxyl groups is 1. The molecule has 0 spiro atoms. The van der Waals surface area contributed by atoms with E-state index in [2.05, 4.69) is 15.6 Å². The van der Waals surface area contributed by atoms with Crippen LogP contribution < -0.4 is 10.6 Å². The van der Waals surface area contributed by atoms with Gasteiger partial charge in [-0.3, -0.25) is 14.4 Å². The van der Waals surface area contributed by atoms with Gasteiger partial charge in [-0.05, 0) is 25.0 Å². The van der Waals surface area contributed by atoms with Crippen molar-refractivity contribution >= 4 is 29.2 Å². The highest BCUT2D eigenvalue weighted by atomic mass is 19.4. The topological polar surface area (TPSA) is 128 Å². The van der Waals surface area contributed by atoms with Crippen LogP contribution in [0, 0.1) is 17.7 Å². The van der Waals surface area contributed by atoms with Crippen LogP contribution in [0.2, 0.25) is 0 Å². The SMILES string of the molecule is O=C1Nc2c(CO)cccc2C(c2cccc(F)c2)=NC1NC(=O)[C@H](CCC(F)(F)F)[C@H](CCC(F)(F)F)C(=O)O. The molecule has 1 unspecified atom stereocenters. The van der Waals surface area contributed by atoms with Gasteiger partial charge in [0.25, 0.3) is 5.91 Å². The minimum absolute atomic E-state index is 0.0435. The third-order valence-corrected chi connectivity index (χ3v) is 6.33. The minimum Gasteiger partial charge on any atom is -0.481 e. The predicted octanol–water partition coefficient (Wildman–Crippen LogP) is 4.55. The first-order chi connectivity index (χ1) is 19.1. The summed E-state index contributed by atoms with van der Waals surface area (Å²) < 4.78 is 91.5. The molecule has 1 heterocycles. The van der Waals surface area contributed by atoms with Crippen LogP contribution in [0.4, 0.5) is 36.4 Å². The van der Waals surface area contributed by atoms with Crippen molar-refractivity contribution in [1.82, 2.24) is 5.32 Å². The average Bonchev–Trinajstić information content (AvgIpc) is 3.00. The van der Waals surface area contributed by atoms with Gasteiger partial charge >= 0.3 is 18.3 Å². The molecule has 0 saturated heterocycles. The van der Waals surface area contributed by atoms with Gasteiger partial charge in [0.1, 0.15) is 5.82 Å². The number of nitrogens with zero attached hydrogens (tertiary/aromatic N) is 1. The molecule has 0 fully saturated rings. The van der Waals surface area contributed by atoms with Gasteiger partial charge in [-0.15, -0.1) is 0 Å². The Kier molecular flexibility index (Phi) is 9.73. The number of hydrogen-bond acceptors (Lipinski definition) is 5. The molecule has 2 aromatic rings. The number of halogens is 7. The first-order valence-electron chi connectivity index (χ1n) is 12.1. The Hall–Kier alpha value is -4.01. The van der Waals surface area contributed by atoms with E-state index in [9.17, 15) is 55.3 Å². The molecule has 0 aromatic heterocycles. The normalized spacial score (nSPS) is 17.0. The summed E-state index contributed by atoms with van der Waals surface area (Å²) in [6.07, 6.45) is -17.3. The summed E-state index contributed by atoms with van der Waals surface area (Å²) >= 11 is 0. The zero-order valence-corrected chi connectivity index (χ0v) is 21.0. The van der Waals surface area contributed by atoms with Gasteiger partial charge in [0.15, 0.2) is 0 Å². The second kappa shape index (κ2) is 12.7. The van der Waals surface area contributed by atoms with Crippen LogP contribution in [0.5, 0.6) is 0 Å². The van der Waals surface area contributed by atoms with Gasteiger partial charge in [0.05, 0.1) is 29.8 Å². The van der Waals surface area contributed by atoms with Crippen LogP contribution >= 0.6 is 0 Å². The summed E-state index contributed by atoms with van der Waals surface area (Å²) in [6.45, 7) is -0.560. The van der Waals surface area contributed by atoms with E-state index in [0.29, 0.717) is 0 Å². The van der Waals surface area contributed by atoms with Crippen LogP contribution in [0.25, 0.3) is 0 Å². The lowest BCUT2D eigenvalue weighted by Gasteiger charge is -2.25. The number of para-hydroxylation sites is 1. The fraction of sp³-hybridized carbons (Fsp3) is 0.385. The Balaban J connectivity index is 2.04. The summed E-state index contributed by atoms with van der Waals surface area (Å²) in [5.41, 5.74) is 0.473. The standard InChI is InChI=1S/C26H24F7N3O5/c27-15-5-1-3-13(11-15)19-18-6-2-4-14(12-37)20(18)35-23(39)21(34-19)36-22(38)16(7-9-25(28,29)30)17(24(40)41)8-10-26(31,32)33/h1-6,11,16-17,21,37H,7-10,12H2,(H,35,39)(H,36,38)(H,40,41)/t16-,17+,21?/m1/s1. The van der Waals surface area contributed by atoms with E-state index >= 15 is 0 Å². The molecule has 15 heteroatoms. The first kappa shape index (κ1) is 31.5. The van der Waals surface area contributed by atoms with Gasteiger partial charge in [-0.1, -0.05) is 30.3 Å². The molecule has 0 radical (unpaired) electrons. The molecule has 4 N–H and O–H groups in total. The number of benzodiazepines with no additional fused rings is 1. The highest BCUT2D eigenvalue weighted by Gasteiger charge is 2.41. The smallest absolute Gasteiger partial charge is 0.389 e. The van der Waals surface area contributed by atoms with Crippen molar-refractivity contribution in [2.75, 3.05) is 5.32 Å². The van der Waals surface area contributed by atoms with Gasteiger partial charge in [0, 0.05) is 29.5 Å². The molecule has 3 rings (SSSR count). The lowest BCUT2D eigenvalue weighted by atomic mass is 9.84. The fourth-order valence-corrected chi connectivity index (χ4v) is 4.38. The lowest BCUT2D eigenvalue weighted by molar-refractivity contribution is -0.159. The van der Waals surface area contributed by atoms with Crippen LogP contribution in [0.1, 0.15) is 42.4 Å². The largest absolute Gasteiger partial charge is 0.481 e. The zero-order valence-electron chi connectivity index (χ0n) is 21.0. The van der Waals surface area contributed by atoms with E-state index in [-0.39, 0.29) is 28.1 Å². The Morgan fingerprint density at radius 3 is 2.15 bits per heavy atom. The summed E-state index contributed by atoms with van der Waals surface area (Å²) in [4.78, 5) is 42.2. The summed E-state index contributed by atoms with van der Waals surface area (Å²) in [6, 6.07) is 9.31. The number of fused-ring (bicyclic) bond motifs is 1. The van der Waals surface area contributed by atoms with Crippen molar-refractivity contribution in [3.63, 3.8) is 0 Å². The molecule has 41 heavy (non-hydrogen) atoms. The van der Waals surface area contributed by atoms with E-state index in [1.165, 1.54) is 30.3 Å². The van der Waals surface area contributed by atoms with E-state index in [1.54, 1.807) is 0 Å². The maximum absolute atomic E-state index is 14.1. The Bertz CT molecular complexity index is 1330. The number of carboxylic acids is 1. The number of anilines is 1. The fourth-order valence-electron chi connectivity index (χ4n) is 4.38. The third-order valence-electron chi connectivity index (χ3n) is 6.33. The molecule has 0 bridgehead atoms. The van der Waals surface area contributed by atoms with E-state index < -0.39 is 86.2 Å². The van der Waals surface area contributed by atoms with Crippen LogP contribution in [-0.2, 0) is 21.0 Å². The predicted molar refractivity (Wildman–Crippen MR) is 130 cm³/mol. The number of aliphatic imine (C=N–C) groups is 1. The lowest BCUT2D eigenvalue weighted by Crippen LogP contribution is -2.47. The Labute approximate surface area is 228 Å². The maximum Gasteiger partial charge on any atom is 0.389 e. The number of amides is 2. The van der Waals surface area contributed by atoms with Crippen LogP contribution in [-0.4, -0.2) is 52.2 Å². The molecule has 1 aliphatic rings. The number of carbonyl (C=O) groups is 3. The molecule has 1 aliphatic heterocycles. The zero-order chi connectivity index (χ0) is 30.5. The summed E-state index contributed by atoms with van der Waals surface area (Å²) in [5, 5.41) is 23.8. The van der Waals surface area contributed by atoms with Crippen molar-refractivity contribution < 1.29 is 55.3 Å². The monoisotopic (exact) mass is 591 g/mol. The van der Waals surface area contributed by atoms with Crippen molar-refractivity contribution in [2.45, 2.75) is 50.8 Å². The third kappa shape index (κ3) is 8.49. The van der Waals surface area contributed by atoms with Crippen LogP contribution in [0.3, 0.4) is 0 Å². The van der Waals surface area contributed by atoms with Crippen molar-refractivity contribution in [3.05, 3.63) is 65.0 Å². The number of alkyl halides is 6. The van der Waals surface area contributed by atoms with Gasteiger partial charge in [0.2, 0.25) is 12.1 Å². The second-order valence-electron chi connectivity index (χ2n) is 9.25. The van der Waals surface area contributed by atoms with Crippen molar-refractivity contribution in [1.29, 1.82) is 0 Å². The summed E-state index contributed by atoms with van der Waals surface area (Å²) in [7, 11) is 0. The number of aliphatic carboxylic acids is 1. The first-order valence-corrected chi connectivity index (χ1v) is 12.1. The molecule has 3 atom stereocenters. The molecular formula is C26H24F7N3O5. The highest BCUT2D eigenvalue weighted by molar-refractivity contribution is 6.20. The van der Waals surface area contributed by atoms with Crippen LogP contribution in [0.15, 0.2) is 47.5 Å². The number of aliphatic hydroxyl groups excluding tert-OH is 1. The molecule has 8 nitrogen and oxygen atoms in total. The molecular weight excluding hydrogens is 567 g/mol. The van der Waals surface area contributed by atoms with E-state index in [0.717, 1.165) is 12.1 Å². The number of carbonyl (C=O) groups excluding carboxylic acids is 2. The second-order valence-corrected chi connectivity index (χ2v) is 9.25. The number of carboxylic acid groups (broad SMARTS) is 1. The van der Waals surface area contributed by atoms with Gasteiger partial charge < -0.3 is 20.8 Å².